The molecule has 3 N–H and O–H groups in total. The third-order valence-corrected chi connectivity index (χ3v) is 2.82. The third-order valence-electron chi connectivity index (χ3n) is 2.82. The molecule has 1 heterocycles. The van der Waals surface area contributed by atoms with Crippen LogP contribution in [0.1, 0.15) is 45.5 Å². The zero-order valence-electron chi connectivity index (χ0n) is 10.8. The highest BCUT2D eigenvalue weighted by atomic mass is 35.5. The maximum Gasteiger partial charge on any atom is 0.322 e. The van der Waals surface area contributed by atoms with E-state index in [-0.39, 0.29) is 41.7 Å². The molecule has 1 aliphatic carbocycles. The van der Waals surface area contributed by atoms with Gasteiger partial charge in [-0.1, -0.05) is 25.9 Å². The first-order chi connectivity index (χ1) is 7.88. The van der Waals surface area contributed by atoms with E-state index in [9.17, 15) is 4.79 Å². The van der Waals surface area contributed by atoms with E-state index in [1.807, 2.05) is 20.8 Å². The highest BCUT2D eigenvalue weighted by molar-refractivity contribution is 5.92. The second-order valence-corrected chi connectivity index (χ2v) is 5.55. The number of nitrogens with zero attached hydrogens (tertiary/aromatic N) is 2. The SMILES string of the molecule is CC(C)(C)[C@H](N)c1nnc(NC(=O)C2CC2)o1.Cl. The van der Waals surface area contributed by atoms with Crippen LogP contribution in [0.2, 0.25) is 0 Å². The standard InChI is InChI=1S/C11H18N4O2.ClH/c1-11(2,3)7(12)9-14-15-10(17-9)13-8(16)6-4-5-6;/h6-7H,4-5,12H2,1-3H3,(H,13,15,16);1H/t7-;/m1./s1. The van der Waals surface area contributed by atoms with E-state index >= 15 is 0 Å². The van der Waals surface area contributed by atoms with Crippen LogP contribution in [0, 0.1) is 11.3 Å². The van der Waals surface area contributed by atoms with Crippen molar-refractivity contribution >= 4 is 24.3 Å². The minimum atomic E-state index is -0.346. The van der Waals surface area contributed by atoms with Crippen LogP contribution in [0.4, 0.5) is 6.01 Å². The van der Waals surface area contributed by atoms with Crippen LogP contribution < -0.4 is 11.1 Å². The molecule has 0 saturated heterocycles. The fourth-order valence-electron chi connectivity index (χ4n) is 1.33. The molecular weight excluding hydrogens is 256 g/mol. The Kier molecular flexibility index (Phi) is 4.34. The molecule has 1 aromatic rings. The number of carbonyl (C=O) groups excluding carboxylic acids is 1. The fourth-order valence-corrected chi connectivity index (χ4v) is 1.33. The van der Waals surface area contributed by atoms with E-state index in [1.54, 1.807) is 0 Å². The van der Waals surface area contributed by atoms with Crippen molar-refractivity contribution in [3.63, 3.8) is 0 Å². The van der Waals surface area contributed by atoms with Gasteiger partial charge in [0.15, 0.2) is 0 Å². The summed E-state index contributed by atoms with van der Waals surface area (Å²) in [5.74, 6) is 0.412. The molecule has 0 aromatic carbocycles. The summed E-state index contributed by atoms with van der Waals surface area (Å²) in [5, 5.41) is 10.2. The Morgan fingerprint density at radius 2 is 2.06 bits per heavy atom. The summed E-state index contributed by atoms with van der Waals surface area (Å²) in [5.41, 5.74) is 5.82. The van der Waals surface area contributed by atoms with E-state index in [0.29, 0.717) is 5.89 Å². The van der Waals surface area contributed by atoms with E-state index in [0.717, 1.165) is 12.8 Å². The predicted octanol–water partition coefficient (Wildman–Crippen LogP) is 1.89. The summed E-state index contributed by atoms with van der Waals surface area (Å²) in [6, 6.07) is -0.210. The molecule has 0 spiro atoms. The average molecular weight is 275 g/mol. The van der Waals surface area contributed by atoms with Crippen LogP contribution in [0.15, 0.2) is 4.42 Å². The van der Waals surface area contributed by atoms with Crippen molar-refractivity contribution in [1.82, 2.24) is 10.2 Å². The normalized spacial score (nSPS) is 16.9. The summed E-state index contributed by atoms with van der Waals surface area (Å²) in [6.45, 7) is 5.97. The van der Waals surface area contributed by atoms with E-state index in [2.05, 4.69) is 15.5 Å². The van der Waals surface area contributed by atoms with Gasteiger partial charge in [0.1, 0.15) is 0 Å². The number of amides is 1. The molecule has 1 aliphatic rings. The highest BCUT2D eigenvalue weighted by Gasteiger charge is 2.31. The molecule has 0 aliphatic heterocycles. The first-order valence-corrected chi connectivity index (χ1v) is 5.78. The van der Waals surface area contributed by atoms with E-state index in [1.165, 1.54) is 0 Å². The molecule has 1 atom stereocenters. The van der Waals surface area contributed by atoms with Crippen molar-refractivity contribution in [3.05, 3.63) is 5.89 Å². The minimum Gasteiger partial charge on any atom is -0.406 e. The molecule has 7 heteroatoms. The molecule has 0 bridgehead atoms. The number of aromatic nitrogens is 2. The summed E-state index contributed by atoms with van der Waals surface area (Å²) in [4.78, 5) is 11.5. The Morgan fingerprint density at radius 1 is 1.44 bits per heavy atom. The molecule has 6 nitrogen and oxygen atoms in total. The lowest BCUT2D eigenvalue weighted by Gasteiger charge is -2.23. The van der Waals surface area contributed by atoms with Crippen LogP contribution in [-0.2, 0) is 4.79 Å². The number of rotatable bonds is 3. The van der Waals surface area contributed by atoms with Gasteiger partial charge in [-0.25, -0.2) is 0 Å². The van der Waals surface area contributed by atoms with Crippen molar-refractivity contribution in [2.75, 3.05) is 5.32 Å². The number of anilines is 1. The lowest BCUT2D eigenvalue weighted by molar-refractivity contribution is -0.117. The Labute approximate surface area is 112 Å². The van der Waals surface area contributed by atoms with Gasteiger partial charge < -0.3 is 10.2 Å². The topological polar surface area (TPSA) is 94.0 Å². The van der Waals surface area contributed by atoms with E-state index < -0.39 is 0 Å². The Balaban J connectivity index is 0.00000162. The Hall–Kier alpha value is -1.14. The third kappa shape index (κ3) is 3.43. The average Bonchev–Trinajstić information content (AvgIpc) is 2.98. The monoisotopic (exact) mass is 274 g/mol. The molecule has 0 unspecified atom stereocenters. The highest BCUT2D eigenvalue weighted by Crippen LogP contribution is 2.32. The summed E-state index contributed by atoms with van der Waals surface area (Å²) in [6.07, 6.45) is 1.88. The Bertz CT molecular complexity index is 423. The molecule has 1 fully saturated rings. The predicted molar refractivity (Wildman–Crippen MR) is 69.3 cm³/mol. The van der Waals surface area contributed by atoms with Gasteiger partial charge in [0.25, 0.3) is 0 Å². The van der Waals surface area contributed by atoms with Gasteiger partial charge in [-0.05, 0) is 18.3 Å². The Morgan fingerprint density at radius 3 is 2.56 bits per heavy atom. The number of carbonyl (C=O) groups is 1. The summed E-state index contributed by atoms with van der Waals surface area (Å²) < 4.78 is 5.34. The number of nitrogens with one attached hydrogen (secondary N) is 1. The van der Waals surface area contributed by atoms with Crippen LogP contribution >= 0.6 is 12.4 Å². The molecule has 102 valence electrons. The van der Waals surface area contributed by atoms with Crippen molar-refractivity contribution < 1.29 is 9.21 Å². The second kappa shape index (κ2) is 5.24. The molecular formula is C11H19ClN4O2. The molecule has 2 rings (SSSR count). The molecule has 1 amide bonds. The van der Waals surface area contributed by atoms with Gasteiger partial charge in [0.05, 0.1) is 6.04 Å². The maximum absolute atomic E-state index is 11.5. The summed E-state index contributed by atoms with van der Waals surface area (Å²) >= 11 is 0. The number of hydrogen-bond donors (Lipinski definition) is 2. The first kappa shape index (κ1) is 14.9. The largest absolute Gasteiger partial charge is 0.406 e. The molecule has 1 aromatic heterocycles. The van der Waals surface area contributed by atoms with Gasteiger partial charge in [-0.15, -0.1) is 17.5 Å². The molecule has 1 saturated carbocycles. The number of halogens is 1. The van der Waals surface area contributed by atoms with Crippen LogP contribution in [0.5, 0.6) is 0 Å². The zero-order valence-corrected chi connectivity index (χ0v) is 11.6. The van der Waals surface area contributed by atoms with Gasteiger partial charge in [-0.3, -0.25) is 10.1 Å². The number of nitrogens with two attached hydrogens (primary N) is 1. The van der Waals surface area contributed by atoms with Gasteiger partial charge >= 0.3 is 6.01 Å². The fraction of sp³-hybridized carbons (Fsp3) is 0.727. The second-order valence-electron chi connectivity index (χ2n) is 5.55. The summed E-state index contributed by atoms with van der Waals surface area (Å²) in [7, 11) is 0. The zero-order chi connectivity index (χ0) is 12.6. The van der Waals surface area contributed by atoms with Crippen molar-refractivity contribution in [1.29, 1.82) is 0 Å². The van der Waals surface area contributed by atoms with Crippen molar-refractivity contribution in [2.45, 2.75) is 39.7 Å². The van der Waals surface area contributed by atoms with Crippen LogP contribution in [0.25, 0.3) is 0 Å². The lowest BCUT2D eigenvalue weighted by atomic mass is 9.87. The van der Waals surface area contributed by atoms with Crippen LogP contribution in [0.3, 0.4) is 0 Å². The van der Waals surface area contributed by atoms with Gasteiger partial charge in [0, 0.05) is 5.92 Å². The maximum atomic E-state index is 11.5. The van der Waals surface area contributed by atoms with Crippen LogP contribution in [-0.4, -0.2) is 16.1 Å². The van der Waals surface area contributed by atoms with E-state index in [4.69, 9.17) is 10.2 Å². The first-order valence-electron chi connectivity index (χ1n) is 5.78. The lowest BCUT2D eigenvalue weighted by Crippen LogP contribution is -2.26. The minimum absolute atomic E-state index is 0. The molecule has 18 heavy (non-hydrogen) atoms. The van der Waals surface area contributed by atoms with Gasteiger partial charge in [0.2, 0.25) is 11.8 Å². The van der Waals surface area contributed by atoms with Crippen molar-refractivity contribution in [2.24, 2.45) is 17.1 Å². The molecule has 0 radical (unpaired) electrons. The van der Waals surface area contributed by atoms with Gasteiger partial charge in [-0.2, -0.15) is 0 Å². The number of hydrogen-bond acceptors (Lipinski definition) is 5. The quantitative estimate of drug-likeness (QED) is 0.878. The smallest absolute Gasteiger partial charge is 0.322 e. The van der Waals surface area contributed by atoms with Crippen molar-refractivity contribution in [3.8, 4) is 0 Å².